The van der Waals surface area contributed by atoms with E-state index in [2.05, 4.69) is 0 Å². The van der Waals surface area contributed by atoms with E-state index in [1.54, 1.807) is 4.90 Å². The van der Waals surface area contributed by atoms with Crippen LogP contribution in [0.25, 0.3) is 0 Å². The first-order valence-corrected chi connectivity index (χ1v) is 7.56. The summed E-state index contributed by atoms with van der Waals surface area (Å²) in [4.78, 5) is 35.6. The molecule has 3 atom stereocenters. The summed E-state index contributed by atoms with van der Waals surface area (Å²) in [6.07, 6.45) is 2.63. The molecule has 2 aliphatic heterocycles. The van der Waals surface area contributed by atoms with Crippen LogP contribution in [0.1, 0.15) is 25.7 Å². The molecular weight excluding hydrogens is 268 g/mol. The number of nitrogens with two attached hydrogens (primary N) is 1. The third-order valence-corrected chi connectivity index (χ3v) is 4.83. The summed E-state index contributed by atoms with van der Waals surface area (Å²) in [6.45, 7) is 0. The Labute approximate surface area is 115 Å². The number of aliphatic carboxylic acids is 1. The molecule has 2 rings (SSSR count). The number of rotatable bonds is 6. The summed E-state index contributed by atoms with van der Waals surface area (Å²) >= 11 is 1.34. The molecule has 2 bridgehead atoms. The fourth-order valence-corrected chi connectivity index (χ4v) is 3.77. The zero-order valence-corrected chi connectivity index (χ0v) is 11.4. The highest BCUT2D eigenvalue weighted by Gasteiger charge is 2.50. The lowest BCUT2D eigenvalue weighted by atomic mass is 9.89. The van der Waals surface area contributed by atoms with E-state index in [1.165, 1.54) is 11.8 Å². The molecule has 0 saturated carbocycles. The summed E-state index contributed by atoms with van der Waals surface area (Å²) in [5.74, 6) is -0.806. The van der Waals surface area contributed by atoms with Crippen molar-refractivity contribution in [2.75, 3.05) is 11.5 Å². The van der Waals surface area contributed by atoms with Gasteiger partial charge in [-0.2, -0.15) is 11.8 Å². The first-order chi connectivity index (χ1) is 9.00. The number of fused-ring (bicyclic) bond motifs is 2. The molecule has 0 aromatic rings. The SMILES string of the molecule is NC(=O)CSCCC(=O)N1C2CCC1C(C(=O)O)C2. The Bertz CT molecular complexity index is 401. The van der Waals surface area contributed by atoms with E-state index in [0.717, 1.165) is 12.8 Å². The number of nitrogens with zero attached hydrogens (tertiary/aromatic N) is 1. The zero-order valence-electron chi connectivity index (χ0n) is 10.6. The molecule has 2 aliphatic rings. The van der Waals surface area contributed by atoms with Gasteiger partial charge in [-0.25, -0.2) is 0 Å². The molecule has 0 aromatic carbocycles. The Hall–Kier alpha value is -1.24. The lowest BCUT2D eigenvalue weighted by Crippen LogP contribution is -2.38. The fraction of sp³-hybridized carbons (Fsp3) is 0.750. The van der Waals surface area contributed by atoms with Gasteiger partial charge >= 0.3 is 5.97 Å². The second kappa shape index (κ2) is 5.81. The molecule has 7 heteroatoms. The minimum atomic E-state index is -0.798. The Morgan fingerprint density at radius 3 is 2.63 bits per heavy atom. The van der Waals surface area contributed by atoms with E-state index in [0.29, 0.717) is 18.6 Å². The van der Waals surface area contributed by atoms with Crippen molar-refractivity contribution in [3.05, 3.63) is 0 Å². The van der Waals surface area contributed by atoms with Gasteiger partial charge in [0.2, 0.25) is 11.8 Å². The Kier molecular flexibility index (Phi) is 4.34. The molecule has 0 aliphatic carbocycles. The number of hydrogen-bond acceptors (Lipinski definition) is 4. The summed E-state index contributed by atoms with van der Waals surface area (Å²) in [5.41, 5.74) is 5.02. The number of hydrogen-bond donors (Lipinski definition) is 2. The van der Waals surface area contributed by atoms with E-state index in [9.17, 15) is 14.4 Å². The first-order valence-electron chi connectivity index (χ1n) is 6.40. The molecule has 0 aromatic heterocycles. The number of primary amides is 1. The molecule has 6 nitrogen and oxygen atoms in total. The van der Waals surface area contributed by atoms with Gasteiger partial charge in [0.05, 0.1) is 11.7 Å². The molecule has 3 unspecified atom stereocenters. The lowest BCUT2D eigenvalue weighted by Gasteiger charge is -2.23. The molecule has 106 valence electrons. The predicted molar refractivity (Wildman–Crippen MR) is 70.5 cm³/mol. The van der Waals surface area contributed by atoms with Gasteiger partial charge in [-0.15, -0.1) is 0 Å². The quantitative estimate of drug-likeness (QED) is 0.672. The van der Waals surface area contributed by atoms with Gasteiger partial charge in [0.1, 0.15) is 0 Å². The van der Waals surface area contributed by atoms with Crippen LogP contribution in [-0.4, -0.2) is 51.4 Å². The smallest absolute Gasteiger partial charge is 0.308 e. The number of thioether (sulfide) groups is 1. The van der Waals surface area contributed by atoms with Crippen LogP contribution in [0.15, 0.2) is 0 Å². The van der Waals surface area contributed by atoms with Crippen molar-refractivity contribution in [2.45, 2.75) is 37.8 Å². The number of carboxylic acid groups (broad SMARTS) is 1. The standard InChI is InChI=1S/C12H18N2O4S/c13-10(15)6-19-4-3-11(16)14-7-1-2-9(14)8(5-7)12(17)18/h7-9H,1-6H2,(H2,13,15)(H,17,18). The van der Waals surface area contributed by atoms with Crippen molar-refractivity contribution < 1.29 is 19.5 Å². The van der Waals surface area contributed by atoms with Crippen LogP contribution in [0.2, 0.25) is 0 Å². The van der Waals surface area contributed by atoms with Gasteiger partial charge in [-0.05, 0) is 19.3 Å². The van der Waals surface area contributed by atoms with Crippen LogP contribution in [0, 0.1) is 5.92 Å². The highest BCUT2D eigenvalue weighted by Crippen LogP contribution is 2.42. The van der Waals surface area contributed by atoms with E-state index in [1.807, 2.05) is 0 Å². The van der Waals surface area contributed by atoms with Crippen molar-refractivity contribution in [2.24, 2.45) is 11.7 Å². The van der Waals surface area contributed by atoms with Crippen LogP contribution in [0.5, 0.6) is 0 Å². The summed E-state index contributed by atoms with van der Waals surface area (Å²) < 4.78 is 0. The molecule has 3 N–H and O–H groups in total. The number of carbonyl (C=O) groups excluding carboxylic acids is 2. The second-order valence-corrected chi connectivity index (χ2v) is 6.15. The van der Waals surface area contributed by atoms with Gasteiger partial charge in [-0.1, -0.05) is 0 Å². The summed E-state index contributed by atoms with van der Waals surface area (Å²) in [5, 5.41) is 9.12. The van der Waals surface area contributed by atoms with Crippen molar-refractivity contribution in [1.29, 1.82) is 0 Å². The summed E-state index contributed by atoms with van der Waals surface area (Å²) in [6, 6.07) is -0.0316. The third kappa shape index (κ3) is 3.02. The molecule has 2 heterocycles. The zero-order chi connectivity index (χ0) is 14.0. The van der Waals surface area contributed by atoms with Crippen LogP contribution in [0.4, 0.5) is 0 Å². The molecule has 2 saturated heterocycles. The maximum absolute atomic E-state index is 12.1. The van der Waals surface area contributed by atoms with Gasteiger partial charge in [0.25, 0.3) is 0 Å². The van der Waals surface area contributed by atoms with E-state index in [4.69, 9.17) is 10.8 Å². The van der Waals surface area contributed by atoms with Crippen LogP contribution in [-0.2, 0) is 14.4 Å². The van der Waals surface area contributed by atoms with Gasteiger partial charge < -0.3 is 15.7 Å². The lowest BCUT2D eigenvalue weighted by molar-refractivity contribution is -0.143. The van der Waals surface area contributed by atoms with Gasteiger partial charge in [0.15, 0.2) is 0 Å². The minimum Gasteiger partial charge on any atom is -0.481 e. The van der Waals surface area contributed by atoms with Gasteiger partial charge in [0, 0.05) is 24.3 Å². The van der Waals surface area contributed by atoms with E-state index < -0.39 is 11.9 Å². The largest absolute Gasteiger partial charge is 0.481 e. The van der Waals surface area contributed by atoms with Crippen molar-refractivity contribution >= 4 is 29.5 Å². The maximum Gasteiger partial charge on any atom is 0.308 e. The van der Waals surface area contributed by atoms with Crippen LogP contribution in [0.3, 0.4) is 0 Å². The Morgan fingerprint density at radius 2 is 2.05 bits per heavy atom. The monoisotopic (exact) mass is 286 g/mol. The van der Waals surface area contributed by atoms with Crippen molar-refractivity contribution in [3.63, 3.8) is 0 Å². The average molecular weight is 286 g/mol. The maximum atomic E-state index is 12.1. The Balaban J connectivity index is 1.83. The molecule has 2 amide bonds. The van der Waals surface area contributed by atoms with Crippen LogP contribution < -0.4 is 5.73 Å². The molecule has 0 radical (unpaired) electrons. The van der Waals surface area contributed by atoms with E-state index in [-0.39, 0.29) is 29.7 Å². The minimum absolute atomic E-state index is 0.00761. The third-order valence-electron chi connectivity index (χ3n) is 3.85. The Morgan fingerprint density at radius 1 is 1.32 bits per heavy atom. The highest BCUT2D eigenvalue weighted by atomic mass is 32.2. The first kappa shape index (κ1) is 14.2. The number of carbonyl (C=O) groups is 3. The molecular formula is C12H18N2O4S. The predicted octanol–water partition coefficient (Wildman–Crippen LogP) is 0.0591. The fourth-order valence-electron chi connectivity index (χ4n) is 3.10. The van der Waals surface area contributed by atoms with Crippen LogP contribution >= 0.6 is 11.8 Å². The molecule has 19 heavy (non-hydrogen) atoms. The normalized spacial score (nSPS) is 28.6. The summed E-state index contributed by atoms with van der Waals surface area (Å²) in [7, 11) is 0. The van der Waals surface area contributed by atoms with Crippen molar-refractivity contribution in [3.8, 4) is 0 Å². The topological polar surface area (TPSA) is 101 Å². The number of amides is 2. The molecule has 0 spiro atoms. The second-order valence-electron chi connectivity index (χ2n) is 5.05. The number of carboxylic acids is 1. The highest BCUT2D eigenvalue weighted by molar-refractivity contribution is 7.99. The average Bonchev–Trinajstić information content (AvgIpc) is 2.91. The van der Waals surface area contributed by atoms with Gasteiger partial charge in [-0.3, -0.25) is 14.4 Å². The van der Waals surface area contributed by atoms with E-state index >= 15 is 0 Å². The molecule has 2 fully saturated rings. The van der Waals surface area contributed by atoms with Crippen molar-refractivity contribution in [1.82, 2.24) is 4.90 Å².